The Balaban J connectivity index is 2.19. The number of hydrogen-bond acceptors (Lipinski definition) is 2. The molecule has 0 aliphatic heterocycles. The van der Waals surface area contributed by atoms with Crippen molar-refractivity contribution >= 4 is 21.5 Å². The van der Waals surface area contributed by atoms with Gasteiger partial charge in [0, 0.05) is 15.2 Å². The second-order valence-corrected chi connectivity index (χ2v) is 2.09. The molecule has 0 bridgehead atoms. The van der Waals surface area contributed by atoms with Gasteiger partial charge in [0.25, 0.3) is 0 Å². The first-order chi connectivity index (χ1) is 2.41. The van der Waals surface area contributed by atoms with Crippen LogP contribution < -0.4 is 0 Å². The molecule has 0 heterocycles. The second kappa shape index (κ2) is 4.74. The number of hydrogen-bond donors (Lipinski definition) is 0. The lowest BCUT2D eigenvalue weighted by atomic mass is 11.0. The Labute approximate surface area is 39.0 Å². The predicted molar refractivity (Wildman–Crippen MR) is 28.9 cm³/mol. The lowest BCUT2D eigenvalue weighted by Crippen LogP contribution is -1.56. The van der Waals surface area contributed by atoms with Gasteiger partial charge in [0.05, 0.1) is 0 Å². The summed E-state index contributed by atoms with van der Waals surface area (Å²) >= 11 is 1.43. The molecule has 0 aliphatic carbocycles. The summed E-state index contributed by atoms with van der Waals surface area (Å²) in [7, 11) is 2.16. The molecule has 0 saturated carbocycles. The molecule has 1 nitrogen and oxygen atoms in total. The van der Waals surface area contributed by atoms with Gasteiger partial charge in [-0.05, 0) is 12.0 Å². The van der Waals surface area contributed by atoms with Crippen LogP contribution in [-0.2, 0) is 3.97 Å². The Morgan fingerprint density at radius 2 is 2.60 bits per heavy atom. The van der Waals surface area contributed by atoms with E-state index in [-0.39, 0.29) is 0 Å². The quantitative estimate of drug-likeness (QED) is 0.393. The standard InChI is InChI=1S/C2H7OPS/c1-2-5-3-4/h2,4H2,1H3. The average molecular weight is 110 g/mol. The van der Waals surface area contributed by atoms with Crippen LogP contribution in [0.1, 0.15) is 6.92 Å². The van der Waals surface area contributed by atoms with Crippen molar-refractivity contribution in [3.05, 3.63) is 0 Å². The molecule has 0 aromatic heterocycles. The third-order valence-corrected chi connectivity index (χ3v) is 0.966. The van der Waals surface area contributed by atoms with E-state index in [0.717, 1.165) is 5.75 Å². The van der Waals surface area contributed by atoms with Gasteiger partial charge in [0.2, 0.25) is 0 Å². The first kappa shape index (κ1) is 5.74. The molecule has 0 aromatic carbocycles. The molecule has 0 aliphatic rings. The van der Waals surface area contributed by atoms with Crippen LogP contribution in [0.5, 0.6) is 0 Å². The molecule has 1 atom stereocenters. The minimum atomic E-state index is 1.02. The summed E-state index contributed by atoms with van der Waals surface area (Å²) in [6.07, 6.45) is 0. The van der Waals surface area contributed by atoms with Crippen LogP contribution in [0.4, 0.5) is 0 Å². The molecule has 0 rings (SSSR count). The molecule has 0 spiro atoms. The van der Waals surface area contributed by atoms with E-state index in [1.54, 1.807) is 0 Å². The highest BCUT2D eigenvalue weighted by molar-refractivity contribution is 7.96. The maximum Gasteiger partial charge on any atom is 0.0174 e. The largest absolute Gasteiger partial charge is 0.300 e. The Hall–Kier alpha value is 0.740. The van der Waals surface area contributed by atoms with E-state index < -0.39 is 0 Å². The summed E-state index contributed by atoms with van der Waals surface area (Å²) in [5, 5.41) is 0. The van der Waals surface area contributed by atoms with Crippen molar-refractivity contribution in [1.82, 2.24) is 0 Å². The summed E-state index contributed by atoms with van der Waals surface area (Å²) in [5.41, 5.74) is 0. The van der Waals surface area contributed by atoms with Crippen LogP contribution >= 0.6 is 21.5 Å². The highest BCUT2D eigenvalue weighted by atomic mass is 32.2. The maximum atomic E-state index is 4.52. The van der Waals surface area contributed by atoms with Gasteiger partial charge in [-0.25, -0.2) is 0 Å². The van der Waals surface area contributed by atoms with Crippen molar-refractivity contribution in [2.75, 3.05) is 5.75 Å². The van der Waals surface area contributed by atoms with Gasteiger partial charge in [-0.15, -0.1) is 0 Å². The van der Waals surface area contributed by atoms with Gasteiger partial charge >= 0.3 is 0 Å². The zero-order chi connectivity index (χ0) is 4.12. The molecule has 3 heteroatoms. The van der Waals surface area contributed by atoms with Crippen LogP contribution in [0.15, 0.2) is 0 Å². The van der Waals surface area contributed by atoms with Crippen molar-refractivity contribution in [1.29, 1.82) is 0 Å². The minimum Gasteiger partial charge on any atom is -0.300 e. The van der Waals surface area contributed by atoms with Gasteiger partial charge in [-0.3, -0.25) is 0 Å². The lowest BCUT2D eigenvalue weighted by molar-refractivity contribution is 0.760. The summed E-state index contributed by atoms with van der Waals surface area (Å²) in [6, 6.07) is 0. The predicted octanol–water partition coefficient (Wildman–Crippen LogP) is 1.46. The van der Waals surface area contributed by atoms with E-state index in [0.29, 0.717) is 0 Å². The van der Waals surface area contributed by atoms with Crippen molar-refractivity contribution in [3.8, 4) is 0 Å². The molecule has 0 saturated heterocycles. The molecular weight excluding hydrogens is 103 g/mol. The summed E-state index contributed by atoms with van der Waals surface area (Å²) in [6.45, 7) is 2.04. The van der Waals surface area contributed by atoms with E-state index in [4.69, 9.17) is 0 Å². The zero-order valence-electron chi connectivity index (χ0n) is 3.10. The van der Waals surface area contributed by atoms with Crippen LogP contribution in [0, 0.1) is 0 Å². The topological polar surface area (TPSA) is 9.23 Å². The zero-order valence-corrected chi connectivity index (χ0v) is 5.07. The fraction of sp³-hybridized carbons (Fsp3) is 1.00. The van der Waals surface area contributed by atoms with E-state index in [1.807, 2.05) is 6.92 Å². The molecule has 32 valence electrons. The number of rotatable bonds is 2. The van der Waals surface area contributed by atoms with Crippen LogP contribution in [0.25, 0.3) is 0 Å². The Morgan fingerprint density at radius 1 is 2.00 bits per heavy atom. The molecule has 0 radical (unpaired) electrons. The van der Waals surface area contributed by atoms with Crippen LogP contribution in [-0.4, -0.2) is 5.75 Å². The Kier molecular flexibility index (Phi) is 5.44. The van der Waals surface area contributed by atoms with Crippen molar-refractivity contribution < 1.29 is 3.97 Å². The molecule has 0 amide bonds. The monoisotopic (exact) mass is 110 g/mol. The second-order valence-electron chi connectivity index (χ2n) is 0.503. The highest BCUT2D eigenvalue weighted by Gasteiger charge is 1.67. The molecular formula is C2H7OPS. The fourth-order valence-electron chi connectivity index (χ4n) is 0.0680. The van der Waals surface area contributed by atoms with Crippen molar-refractivity contribution in [2.45, 2.75) is 6.92 Å². The SMILES string of the molecule is CCSOP. The molecule has 0 aromatic rings. The summed E-state index contributed by atoms with van der Waals surface area (Å²) in [5.74, 6) is 1.02. The maximum absolute atomic E-state index is 4.52. The molecule has 5 heavy (non-hydrogen) atoms. The van der Waals surface area contributed by atoms with Crippen LogP contribution in [0.3, 0.4) is 0 Å². The Bertz CT molecular complexity index is 17.1. The third kappa shape index (κ3) is 4.74. The fourth-order valence-corrected chi connectivity index (χ4v) is 0.612. The van der Waals surface area contributed by atoms with Crippen LogP contribution in [0.2, 0.25) is 0 Å². The van der Waals surface area contributed by atoms with Crippen molar-refractivity contribution in [2.24, 2.45) is 0 Å². The van der Waals surface area contributed by atoms with E-state index >= 15 is 0 Å². The van der Waals surface area contributed by atoms with Gasteiger partial charge in [-0.1, -0.05) is 6.92 Å². The van der Waals surface area contributed by atoms with Gasteiger partial charge in [-0.2, -0.15) is 0 Å². The van der Waals surface area contributed by atoms with Gasteiger partial charge in [0.15, 0.2) is 0 Å². The van der Waals surface area contributed by atoms with E-state index in [2.05, 4.69) is 13.4 Å². The smallest absolute Gasteiger partial charge is 0.0174 e. The van der Waals surface area contributed by atoms with Gasteiger partial charge in [0.1, 0.15) is 0 Å². The third-order valence-electron chi connectivity index (χ3n) is 0.186. The van der Waals surface area contributed by atoms with Crippen molar-refractivity contribution in [3.63, 3.8) is 0 Å². The molecule has 0 N–H and O–H groups in total. The van der Waals surface area contributed by atoms with Gasteiger partial charge < -0.3 is 3.97 Å². The van der Waals surface area contributed by atoms with E-state index in [9.17, 15) is 0 Å². The first-order valence-corrected chi connectivity index (χ1v) is 2.78. The average Bonchev–Trinajstić information content (AvgIpc) is 1.41. The normalized spacial score (nSPS) is 8.40. The molecule has 1 unspecified atom stereocenters. The minimum absolute atomic E-state index is 1.02. The lowest BCUT2D eigenvalue weighted by Gasteiger charge is -1.82. The highest BCUT2D eigenvalue weighted by Crippen LogP contribution is 2.04. The van der Waals surface area contributed by atoms with E-state index in [1.165, 1.54) is 12.0 Å². The Morgan fingerprint density at radius 3 is 2.60 bits per heavy atom. The molecule has 0 fully saturated rings. The summed E-state index contributed by atoms with van der Waals surface area (Å²) in [4.78, 5) is 0. The summed E-state index contributed by atoms with van der Waals surface area (Å²) < 4.78 is 4.52. The first-order valence-electron chi connectivity index (χ1n) is 1.40.